The van der Waals surface area contributed by atoms with Crippen molar-refractivity contribution in [1.29, 1.82) is 0 Å². The van der Waals surface area contributed by atoms with Gasteiger partial charge in [0.2, 0.25) is 10.0 Å². The number of benzene rings is 2. The highest BCUT2D eigenvalue weighted by molar-refractivity contribution is 7.89. The highest BCUT2D eigenvalue weighted by atomic mass is 35.5. The fourth-order valence-electron chi connectivity index (χ4n) is 3.52. The lowest BCUT2D eigenvalue weighted by Crippen LogP contribution is -2.48. The van der Waals surface area contributed by atoms with Gasteiger partial charge in [0.25, 0.3) is 5.91 Å². The van der Waals surface area contributed by atoms with E-state index in [-0.39, 0.29) is 11.7 Å². The summed E-state index contributed by atoms with van der Waals surface area (Å²) in [7, 11) is -0.132. The summed E-state index contributed by atoms with van der Waals surface area (Å²) < 4.78 is 36.1. The number of carbonyl (C=O) groups is 1. The van der Waals surface area contributed by atoms with Gasteiger partial charge in [0.1, 0.15) is 11.5 Å². The topological polar surface area (TPSA) is 88.2 Å². The van der Waals surface area contributed by atoms with Crippen molar-refractivity contribution in [3.63, 3.8) is 0 Å². The second kappa shape index (κ2) is 10.5. The number of nitrogens with one attached hydrogen (secondary N) is 1. The van der Waals surface area contributed by atoms with Crippen molar-refractivity contribution in [2.75, 3.05) is 51.5 Å². The van der Waals surface area contributed by atoms with Crippen molar-refractivity contribution in [2.24, 2.45) is 0 Å². The first-order chi connectivity index (χ1) is 15.3. The maximum absolute atomic E-state index is 12.7. The van der Waals surface area contributed by atoms with E-state index < -0.39 is 10.0 Å². The van der Waals surface area contributed by atoms with Crippen molar-refractivity contribution in [3.05, 3.63) is 52.5 Å². The third kappa shape index (κ3) is 5.72. The van der Waals surface area contributed by atoms with E-state index in [1.165, 1.54) is 14.2 Å². The highest BCUT2D eigenvalue weighted by Gasteiger charge is 2.25. The fraction of sp³-hybridized carbons (Fsp3) is 0.409. The van der Waals surface area contributed by atoms with Crippen molar-refractivity contribution in [2.45, 2.75) is 13.5 Å². The molecule has 0 unspecified atom stereocenters. The van der Waals surface area contributed by atoms with Crippen molar-refractivity contribution in [3.8, 4) is 11.5 Å². The van der Waals surface area contributed by atoms with Crippen LogP contribution in [0.25, 0.3) is 0 Å². The summed E-state index contributed by atoms with van der Waals surface area (Å²) >= 11 is 6.11. The number of piperazine rings is 1. The molecule has 0 spiro atoms. The molecule has 0 atom stereocenters. The van der Waals surface area contributed by atoms with Crippen LogP contribution in [-0.4, -0.2) is 69.7 Å². The molecule has 1 aliphatic heterocycles. The molecule has 2 aromatic carbocycles. The number of ether oxygens (including phenoxy) is 2. The maximum atomic E-state index is 12.7. The maximum Gasteiger partial charge on any atom is 0.255 e. The Kier molecular flexibility index (Phi) is 8.00. The molecule has 32 heavy (non-hydrogen) atoms. The van der Waals surface area contributed by atoms with Gasteiger partial charge in [-0.05, 0) is 24.6 Å². The Balaban J connectivity index is 1.61. The Labute approximate surface area is 194 Å². The standard InChI is InChI=1S/C22H28ClN3O5S/c1-4-32(28,29)26-11-9-25(10-12-26)15-16-5-7-17(8-6-16)22(27)24-19-14-20(30-2)18(23)13-21(19)31-3/h5-8,13-14H,4,9-12,15H2,1-3H3,(H,24,27). The molecule has 0 bridgehead atoms. The average Bonchev–Trinajstić information content (AvgIpc) is 2.80. The lowest BCUT2D eigenvalue weighted by atomic mass is 10.1. The van der Waals surface area contributed by atoms with E-state index in [2.05, 4.69) is 10.2 Å². The normalized spacial score (nSPS) is 15.4. The first-order valence-corrected chi connectivity index (χ1v) is 12.3. The van der Waals surface area contributed by atoms with Gasteiger partial charge in [0.15, 0.2) is 0 Å². The van der Waals surface area contributed by atoms with Crippen molar-refractivity contribution < 1.29 is 22.7 Å². The van der Waals surface area contributed by atoms with Gasteiger partial charge in [-0.2, -0.15) is 4.31 Å². The third-order valence-electron chi connectivity index (χ3n) is 5.43. The molecule has 0 aromatic heterocycles. The van der Waals surface area contributed by atoms with Crippen LogP contribution >= 0.6 is 11.6 Å². The summed E-state index contributed by atoms with van der Waals surface area (Å²) in [6, 6.07) is 10.5. The summed E-state index contributed by atoms with van der Waals surface area (Å²) in [5.41, 5.74) is 2.02. The number of carbonyl (C=O) groups excluding carboxylic acids is 1. The monoisotopic (exact) mass is 481 g/mol. The van der Waals surface area contributed by atoms with Gasteiger partial charge in [-0.3, -0.25) is 9.69 Å². The Bertz CT molecular complexity index is 1050. The zero-order chi connectivity index (χ0) is 23.3. The molecule has 8 nitrogen and oxygen atoms in total. The van der Waals surface area contributed by atoms with E-state index in [0.717, 1.165) is 5.56 Å². The fourth-order valence-corrected chi connectivity index (χ4v) is 4.84. The smallest absolute Gasteiger partial charge is 0.255 e. The van der Waals surface area contributed by atoms with Crippen LogP contribution in [0.15, 0.2) is 36.4 Å². The van der Waals surface area contributed by atoms with Gasteiger partial charge in [-0.1, -0.05) is 23.7 Å². The van der Waals surface area contributed by atoms with Crippen LogP contribution in [0.1, 0.15) is 22.8 Å². The number of hydrogen-bond donors (Lipinski definition) is 1. The number of halogens is 1. The molecule has 0 radical (unpaired) electrons. The Morgan fingerprint density at radius 1 is 1.03 bits per heavy atom. The molecule has 3 rings (SSSR count). The average molecular weight is 482 g/mol. The number of amides is 1. The van der Waals surface area contributed by atoms with Crippen LogP contribution in [0.4, 0.5) is 5.69 Å². The SMILES string of the molecule is CCS(=O)(=O)N1CCN(Cc2ccc(C(=O)Nc3cc(OC)c(Cl)cc3OC)cc2)CC1. The van der Waals surface area contributed by atoms with Crippen molar-refractivity contribution >= 4 is 33.2 Å². The van der Waals surface area contributed by atoms with E-state index >= 15 is 0 Å². The van der Waals surface area contributed by atoms with E-state index in [1.807, 2.05) is 12.1 Å². The lowest BCUT2D eigenvalue weighted by molar-refractivity contribution is 0.102. The summed E-state index contributed by atoms with van der Waals surface area (Å²) in [4.78, 5) is 14.9. The zero-order valence-corrected chi connectivity index (χ0v) is 20.0. The molecule has 0 saturated carbocycles. The molecular weight excluding hydrogens is 454 g/mol. The quantitative estimate of drug-likeness (QED) is 0.623. The van der Waals surface area contributed by atoms with Crippen molar-refractivity contribution in [1.82, 2.24) is 9.21 Å². The Hall–Kier alpha value is -2.33. The predicted molar refractivity (Wildman–Crippen MR) is 125 cm³/mol. The van der Waals surface area contributed by atoms with E-state index in [4.69, 9.17) is 21.1 Å². The molecule has 1 saturated heterocycles. The Morgan fingerprint density at radius 2 is 1.66 bits per heavy atom. The molecule has 0 aliphatic carbocycles. The molecule has 1 aliphatic rings. The molecule has 1 amide bonds. The molecular formula is C22H28ClN3O5S. The summed E-state index contributed by atoms with van der Waals surface area (Å²) in [6.45, 7) is 4.73. The van der Waals surface area contributed by atoms with E-state index in [9.17, 15) is 13.2 Å². The number of hydrogen-bond acceptors (Lipinski definition) is 6. The largest absolute Gasteiger partial charge is 0.495 e. The number of nitrogens with zero attached hydrogens (tertiary/aromatic N) is 2. The van der Waals surface area contributed by atoms with Gasteiger partial charge in [-0.25, -0.2) is 8.42 Å². The number of anilines is 1. The van der Waals surface area contributed by atoms with Crippen LogP contribution in [0.5, 0.6) is 11.5 Å². The highest BCUT2D eigenvalue weighted by Crippen LogP contribution is 2.36. The first kappa shape index (κ1) is 24.3. The van der Waals surface area contributed by atoms with Gasteiger partial charge in [-0.15, -0.1) is 0 Å². The van der Waals surface area contributed by atoms with Gasteiger partial charge in [0, 0.05) is 50.4 Å². The molecule has 2 aromatic rings. The van der Waals surface area contributed by atoms with E-state index in [0.29, 0.717) is 60.5 Å². The van der Waals surface area contributed by atoms with Crippen LogP contribution in [0.2, 0.25) is 5.02 Å². The molecule has 1 heterocycles. The summed E-state index contributed by atoms with van der Waals surface area (Å²) in [5.74, 6) is 0.720. The van der Waals surface area contributed by atoms with E-state index in [1.54, 1.807) is 35.5 Å². The lowest BCUT2D eigenvalue weighted by Gasteiger charge is -2.33. The third-order valence-corrected chi connectivity index (χ3v) is 7.61. The molecule has 174 valence electrons. The zero-order valence-electron chi connectivity index (χ0n) is 18.4. The minimum atomic E-state index is -3.13. The predicted octanol–water partition coefficient (Wildman–Crippen LogP) is 3.08. The molecule has 1 fully saturated rings. The molecule has 10 heteroatoms. The Morgan fingerprint density at radius 3 is 2.22 bits per heavy atom. The number of rotatable bonds is 8. The van der Waals surface area contributed by atoms with Gasteiger partial charge in [0.05, 0.1) is 30.7 Å². The van der Waals surface area contributed by atoms with Crippen LogP contribution in [0.3, 0.4) is 0 Å². The molecule has 1 N–H and O–H groups in total. The minimum Gasteiger partial charge on any atom is -0.495 e. The van der Waals surface area contributed by atoms with Crippen LogP contribution in [-0.2, 0) is 16.6 Å². The second-order valence-electron chi connectivity index (χ2n) is 7.41. The van der Waals surface area contributed by atoms with Gasteiger partial charge < -0.3 is 14.8 Å². The second-order valence-corrected chi connectivity index (χ2v) is 10.1. The summed E-state index contributed by atoms with van der Waals surface area (Å²) in [5, 5.41) is 3.22. The van der Waals surface area contributed by atoms with Crippen LogP contribution < -0.4 is 14.8 Å². The van der Waals surface area contributed by atoms with Gasteiger partial charge >= 0.3 is 0 Å². The number of methoxy groups -OCH3 is 2. The van der Waals surface area contributed by atoms with Crippen LogP contribution in [0, 0.1) is 0 Å². The minimum absolute atomic E-state index is 0.130. The first-order valence-electron chi connectivity index (χ1n) is 10.3. The number of sulfonamides is 1. The summed E-state index contributed by atoms with van der Waals surface area (Å²) in [6.07, 6.45) is 0.